The van der Waals surface area contributed by atoms with Gasteiger partial charge in [-0.25, -0.2) is 4.52 Å². The average molecular weight is 397 g/mol. The molecule has 0 unspecified atom stereocenters. The number of aryl methyl sites for hydroxylation is 1. The van der Waals surface area contributed by atoms with Crippen molar-refractivity contribution in [1.82, 2.24) is 29.3 Å². The Hall–Kier alpha value is -2.77. The first-order valence-electron chi connectivity index (χ1n) is 9.17. The molecule has 0 saturated heterocycles. The lowest BCUT2D eigenvalue weighted by Crippen LogP contribution is -2.27. The summed E-state index contributed by atoms with van der Waals surface area (Å²) < 4.78 is 3.38. The lowest BCUT2D eigenvalue weighted by molar-refractivity contribution is 0.381. The van der Waals surface area contributed by atoms with Crippen LogP contribution in [0, 0.1) is 0 Å². The molecule has 8 heteroatoms. The summed E-state index contributed by atoms with van der Waals surface area (Å²) in [4.78, 5) is 14.9. The van der Waals surface area contributed by atoms with Gasteiger partial charge in [0.05, 0.1) is 11.3 Å². The highest BCUT2D eigenvalue weighted by Crippen LogP contribution is 2.29. The van der Waals surface area contributed by atoms with Crippen molar-refractivity contribution < 1.29 is 0 Å². The van der Waals surface area contributed by atoms with E-state index in [9.17, 15) is 4.79 Å². The fourth-order valence-electron chi connectivity index (χ4n) is 3.27. The molecule has 0 spiro atoms. The smallest absolute Gasteiger partial charge is 0.280 e. The molecular formula is C20H21ClN6O. The minimum Gasteiger partial charge on any atom is -0.312 e. The summed E-state index contributed by atoms with van der Waals surface area (Å²) in [5.74, 6) is 0. The number of pyridine rings is 1. The van der Waals surface area contributed by atoms with Crippen molar-refractivity contribution in [2.75, 3.05) is 20.6 Å². The van der Waals surface area contributed by atoms with Crippen molar-refractivity contribution in [3.63, 3.8) is 0 Å². The van der Waals surface area contributed by atoms with E-state index in [1.165, 1.54) is 0 Å². The van der Waals surface area contributed by atoms with E-state index in [0.717, 1.165) is 29.8 Å². The van der Waals surface area contributed by atoms with E-state index in [0.29, 0.717) is 28.2 Å². The fourth-order valence-corrected chi connectivity index (χ4v) is 3.40. The highest BCUT2D eigenvalue weighted by molar-refractivity contribution is 6.30. The van der Waals surface area contributed by atoms with Crippen LogP contribution in [-0.2, 0) is 13.0 Å². The number of benzene rings is 1. The zero-order valence-corrected chi connectivity index (χ0v) is 16.8. The Morgan fingerprint density at radius 2 is 1.86 bits per heavy atom. The molecule has 7 nitrogen and oxygen atoms in total. The van der Waals surface area contributed by atoms with Crippen LogP contribution in [0.15, 0.2) is 41.3 Å². The van der Waals surface area contributed by atoms with Gasteiger partial charge in [-0.1, -0.05) is 30.7 Å². The van der Waals surface area contributed by atoms with Crippen molar-refractivity contribution in [1.29, 1.82) is 0 Å². The molecule has 28 heavy (non-hydrogen) atoms. The quantitative estimate of drug-likeness (QED) is 0.519. The van der Waals surface area contributed by atoms with Crippen molar-refractivity contribution in [3.8, 4) is 11.1 Å². The number of halogens is 1. The molecule has 4 aromatic rings. The van der Waals surface area contributed by atoms with Gasteiger partial charge in [-0.2, -0.15) is 5.10 Å². The first-order valence-corrected chi connectivity index (χ1v) is 9.55. The van der Waals surface area contributed by atoms with E-state index < -0.39 is 0 Å². The largest absolute Gasteiger partial charge is 0.312 e. The molecule has 1 aromatic carbocycles. The molecule has 3 aromatic heterocycles. The SMILES string of the molecule is CCc1nn2c(nnc3c(=O)n(CCN(C)C)ccc32)c1-c1ccc(Cl)cc1. The van der Waals surface area contributed by atoms with Crippen LogP contribution in [0.3, 0.4) is 0 Å². The Kier molecular flexibility index (Phi) is 4.87. The van der Waals surface area contributed by atoms with Crippen molar-refractivity contribution in [2.45, 2.75) is 19.9 Å². The monoisotopic (exact) mass is 396 g/mol. The van der Waals surface area contributed by atoms with Crippen LogP contribution in [0.4, 0.5) is 0 Å². The van der Waals surface area contributed by atoms with Crippen LogP contribution in [-0.4, -0.2) is 49.9 Å². The number of likely N-dealkylation sites (N-methyl/N-ethyl adjacent to an activating group) is 1. The molecule has 4 rings (SSSR count). The second-order valence-corrected chi connectivity index (χ2v) is 7.41. The number of nitrogens with zero attached hydrogens (tertiary/aromatic N) is 6. The first-order chi connectivity index (χ1) is 13.5. The van der Waals surface area contributed by atoms with Gasteiger partial charge in [0.1, 0.15) is 5.52 Å². The maximum atomic E-state index is 12.8. The molecule has 0 fully saturated rings. The maximum Gasteiger partial charge on any atom is 0.280 e. The van der Waals surface area contributed by atoms with Gasteiger partial charge in [0.15, 0.2) is 11.2 Å². The van der Waals surface area contributed by atoms with Gasteiger partial charge >= 0.3 is 0 Å². The second-order valence-electron chi connectivity index (χ2n) is 6.97. The Morgan fingerprint density at radius 3 is 2.54 bits per heavy atom. The fraction of sp³-hybridized carbons (Fsp3) is 0.300. The average Bonchev–Trinajstić information content (AvgIpc) is 3.07. The van der Waals surface area contributed by atoms with Gasteiger partial charge in [0.25, 0.3) is 5.56 Å². The predicted molar refractivity (Wildman–Crippen MR) is 111 cm³/mol. The minimum atomic E-state index is -0.157. The third-order valence-electron chi connectivity index (χ3n) is 4.78. The number of fused-ring (bicyclic) bond motifs is 3. The maximum absolute atomic E-state index is 12.8. The molecule has 0 bridgehead atoms. The molecule has 144 valence electrons. The molecule has 0 radical (unpaired) electrons. The van der Waals surface area contributed by atoms with Crippen LogP contribution < -0.4 is 5.56 Å². The summed E-state index contributed by atoms with van der Waals surface area (Å²) in [6.07, 6.45) is 2.53. The molecule has 0 aliphatic heterocycles. The van der Waals surface area contributed by atoms with Crippen LogP contribution in [0.5, 0.6) is 0 Å². The predicted octanol–water partition coefficient (Wildman–Crippen LogP) is 2.88. The third kappa shape index (κ3) is 3.16. The van der Waals surface area contributed by atoms with Crippen LogP contribution >= 0.6 is 11.6 Å². The van der Waals surface area contributed by atoms with Gasteiger partial charge in [0, 0.05) is 24.3 Å². The summed E-state index contributed by atoms with van der Waals surface area (Å²) in [7, 11) is 3.95. The zero-order valence-electron chi connectivity index (χ0n) is 16.1. The van der Waals surface area contributed by atoms with E-state index in [1.54, 1.807) is 15.3 Å². The van der Waals surface area contributed by atoms with Crippen LogP contribution in [0.2, 0.25) is 5.02 Å². The number of aromatic nitrogens is 5. The van der Waals surface area contributed by atoms with E-state index in [2.05, 4.69) is 10.2 Å². The van der Waals surface area contributed by atoms with Crippen LogP contribution in [0.1, 0.15) is 12.6 Å². The van der Waals surface area contributed by atoms with E-state index in [1.807, 2.05) is 56.3 Å². The Morgan fingerprint density at radius 1 is 1.11 bits per heavy atom. The molecule has 0 N–H and O–H groups in total. The van der Waals surface area contributed by atoms with Gasteiger partial charge in [0.2, 0.25) is 0 Å². The highest BCUT2D eigenvalue weighted by atomic mass is 35.5. The Bertz CT molecular complexity index is 1210. The number of hydrogen-bond acceptors (Lipinski definition) is 5. The van der Waals surface area contributed by atoms with Gasteiger partial charge in [-0.3, -0.25) is 4.79 Å². The Balaban J connectivity index is 1.92. The molecule has 0 saturated carbocycles. The van der Waals surface area contributed by atoms with Gasteiger partial charge in [-0.05, 0) is 44.3 Å². The third-order valence-corrected chi connectivity index (χ3v) is 5.03. The zero-order chi connectivity index (χ0) is 19.8. The summed E-state index contributed by atoms with van der Waals surface area (Å²) >= 11 is 6.03. The number of rotatable bonds is 5. The summed E-state index contributed by atoms with van der Waals surface area (Å²) in [5.41, 5.74) is 4.26. The molecule has 0 atom stereocenters. The molecule has 3 heterocycles. The summed E-state index contributed by atoms with van der Waals surface area (Å²) in [6.45, 7) is 3.41. The Labute approximate surface area is 167 Å². The lowest BCUT2D eigenvalue weighted by atomic mass is 10.0. The summed E-state index contributed by atoms with van der Waals surface area (Å²) in [5, 5.41) is 14.0. The van der Waals surface area contributed by atoms with Gasteiger partial charge < -0.3 is 9.47 Å². The van der Waals surface area contributed by atoms with E-state index in [-0.39, 0.29) is 5.56 Å². The van der Waals surface area contributed by atoms with Crippen molar-refractivity contribution >= 4 is 28.3 Å². The van der Waals surface area contributed by atoms with E-state index in [4.69, 9.17) is 16.7 Å². The van der Waals surface area contributed by atoms with Crippen molar-refractivity contribution in [2.24, 2.45) is 0 Å². The normalized spacial score (nSPS) is 11.8. The van der Waals surface area contributed by atoms with Crippen LogP contribution in [0.25, 0.3) is 27.8 Å². The molecular weight excluding hydrogens is 376 g/mol. The van der Waals surface area contributed by atoms with E-state index >= 15 is 0 Å². The lowest BCUT2D eigenvalue weighted by Gasteiger charge is -2.11. The number of hydrogen-bond donors (Lipinski definition) is 0. The highest BCUT2D eigenvalue weighted by Gasteiger charge is 2.18. The second kappa shape index (κ2) is 7.33. The van der Waals surface area contributed by atoms with Gasteiger partial charge in [-0.15, -0.1) is 10.2 Å². The topological polar surface area (TPSA) is 68.3 Å². The minimum absolute atomic E-state index is 0.157. The molecule has 0 amide bonds. The molecule has 0 aliphatic carbocycles. The summed E-state index contributed by atoms with van der Waals surface area (Å²) in [6, 6.07) is 9.47. The molecule has 0 aliphatic rings. The van der Waals surface area contributed by atoms with Crippen molar-refractivity contribution in [3.05, 3.63) is 57.6 Å². The first kappa shape index (κ1) is 18.6. The standard InChI is InChI=1S/C20H21ClN6O/c1-4-15-17(13-5-7-14(21)8-6-13)19-23-22-18-16(27(19)24-15)9-10-26(20(18)28)12-11-25(2)3/h5-10H,4,11-12H2,1-3H3.